The van der Waals surface area contributed by atoms with E-state index in [2.05, 4.69) is 5.32 Å². The molecule has 36 heavy (non-hydrogen) atoms. The number of carbonyl (C=O) groups excluding carboxylic acids is 3. The Hall–Kier alpha value is -2.97. The van der Waals surface area contributed by atoms with Crippen molar-refractivity contribution < 1.29 is 19.1 Å². The first-order chi connectivity index (χ1) is 17.2. The quantitative estimate of drug-likeness (QED) is 0.309. The first-order valence-corrected chi connectivity index (χ1v) is 12.6. The number of rotatable bonds is 7. The van der Waals surface area contributed by atoms with Gasteiger partial charge in [0.05, 0.1) is 16.5 Å². The number of aryl methyl sites for hydroxylation is 1. The van der Waals surface area contributed by atoms with Crippen LogP contribution >= 0.6 is 46.6 Å². The van der Waals surface area contributed by atoms with Gasteiger partial charge in [0.25, 0.3) is 17.1 Å². The van der Waals surface area contributed by atoms with Gasteiger partial charge in [-0.1, -0.05) is 59.1 Å². The maximum absolute atomic E-state index is 12.8. The molecule has 1 saturated heterocycles. The van der Waals surface area contributed by atoms with E-state index in [1.165, 1.54) is 0 Å². The molecular formula is C26H19Cl3N2O4S. The second-order valence-corrected chi connectivity index (χ2v) is 10.1. The van der Waals surface area contributed by atoms with E-state index >= 15 is 0 Å². The number of nitrogens with zero attached hydrogens (tertiary/aromatic N) is 1. The topological polar surface area (TPSA) is 75.7 Å². The van der Waals surface area contributed by atoms with Crippen molar-refractivity contribution in [2.24, 2.45) is 0 Å². The standard InChI is InChI=1S/C26H19Cl3N2O4S/c1-15-3-2-4-19(9-15)30-24(32)14-35-22-8-5-16(10-21(22)29)11-23-25(33)31(26(34)36-23)13-17-6-7-18(27)12-20(17)28/h2-12H,13-14H2,1H3,(H,30,32)/b23-11-. The highest BCUT2D eigenvalue weighted by Crippen LogP contribution is 2.35. The van der Waals surface area contributed by atoms with Crippen LogP contribution in [0.4, 0.5) is 10.5 Å². The van der Waals surface area contributed by atoms with Gasteiger partial charge in [-0.15, -0.1) is 0 Å². The van der Waals surface area contributed by atoms with Crippen molar-refractivity contribution >= 4 is 75.4 Å². The fourth-order valence-corrected chi connectivity index (χ4v) is 4.95. The van der Waals surface area contributed by atoms with Crippen LogP contribution in [0.25, 0.3) is 6.08 Å². The summed E-state index contributed by atoms with van der Waals surface area (Å²) in [5.74, 6) is -0.436. The molecule has 1 aliphatic rings. The summed E-state index contributed by atoms with van der Waals surface area (Å²) >= 11 is 19.3. The van der Waals surface area contributed by atoms with Crippen molar-refractivity contribution in [1.29, 1.82) is 0 Å². The molecule has 6 nitrogen and oxygen atoms in total. The maximum Gasteiger partial charge on any atom is 0.293 e. The summed E-state index contributed by atoms with van der Waals surface area (Å²) in [6, 6.07) is 17.2. The molecule has 1 heterocycles. The zero-order valence-corrected chi connectivity index (χ0v) is 22.0. The lowest BCUT2D eigenvalue weighted by Crippen LogP contribution is -2.27. The highest BCUT2D eigenvalue weighted by molar-refractivity contribution is 8.18. The second-order valence-electron chi connectivity index (χ2n) is 7.90. The lowest BCUT2D eigenvalue weighted by atomic mass is 10.2. The highest BCUT2D eigenvalue weighted by atomic mass is 35.5. The number of carbonyl (C=O) groups is 3. The van der Waals surface area contributed by atoms with Crippen molar-refractivity contribution in [3.8, 4) is 5.75 Å². The van der Waals surface area contributed by atoms with Crippen molar-refractivity contribution in [3.05, 3.63) is 97.3 Å². The smallest absolute Gasteiger partial charge is 0.293 e. The highest BCUT2D eigenvalue weighted by Gasteiger charge is 2.35. The molecule has 0 saturated carbocycles. The molecule has 1 N–H and O–H groups in total. The van der Waals surface area contributed by atoms with Crippen LogP contribution in [-0.4, -0.2) is 28.6 Å². The largest absolute Gasteiger partial charge is 0.482 e. The third-order valence-corrected chi connectivity index (χ3v) is 6.92. The Labute approximate surface area is 227 Å². The molecule has 0 aliphatic carbocycles. The Morgan fingerprint density at radius 2 is 1.83 bits per heavy atom. The molecule has 1 fully saturated rings. The molecule has 0 spiro atoms. The van der Waals surface area contributed by atoms with Crippen LogP contribution in [0.3, 0.4) is 0 Å². The fraction of sp³-hybridized carbons (Fsp3) is 0.115. The van der Waals surface area contributed by atoms with E-state index in [9.17, 15) is 14.4 Å². The van der Waals surface area contributed by atoms with Crippen molar-refractivity contribution in [1.82, 2.24) is 4.90 Å². The van der Waals surface area contributed by atoms with Gasteiger partial charge in [0, 0.05) is 15.7 Å². The van der Waals surface area contributed by atoms with E-state index in [1.54, 1.807) is 48.5 Å². The molecule has 0 bridgehead atoms. The molecule has 1 aliphatic heterocycles. The van der Waals surface area contributed by atoms with Gasteiger partial charge in [-0.25, -0.2) is 0 Å². The molecule has 0 unspecified atom stereocenters. The molecule has 184 valence electrons. The minimum atomic E-state index is -0.430. The van der Waals surface area contributed by atoms with Crippen LogP contribution < -0.4 is 10.1 Å². The monoisotopic (exact) mass is 560 g/mol. The molecule has 3 amide bonds. The molecule has 0 atom stereocenters. The maximum atomic E-state index is 12.8. The summed E-state index contributed by atoms with van der Waals surface area (Å²) in [6.45, 7) is 1.75. The van der Waals surface area contributed by atoms with Crippen molar-refractivity contribution in [2.75, 3.05) is 11.9 Å². The number of anilines is 1. The third-order valence-electron chi connectivity index (χ3n) is 5.13. The van der Waals surface area contributed by atoms with Crippen LogP contribution in [0.1, 0.15) is 16.7 Å². The number of halogens is 3. The van der Waals surface area contributed by atoms with Crippen LogP contribution in [0.15, 0.2) is 65.6 Å². The van der Waals surface area contributed by atoms with Crippen molar-refractivity contribution in [2.45, 2.75) is 13.5 Å². The molecule has 0 aromatic heterocycles. The third kappa shape index (κ3) is 6.42. The molecule has 3 aromatic rings. The van der Waals surface area contributed by atoms with Gasteiger partial charge in [0.15, 0.2) is 6.61 Å². The second kappa shape index (κ2) is 11.4. The van der Waals surface area contributed by atoms with Crippen LogP contribution in [-0.2, 0) is 16.1 Å². The van der Waals surface area contributed by atoms with Gasteiger partial charge in [0.1, 0.15) is 5.75 Å². The number of hydrogen-bond donors (Lipinski definition) is 1. The van der Waals surface area contributed by atoms with E-state index in [1.807, 2.05) is 25.1 Å². The molecular weight excluding hydrogens is 543 g/mol. The number of nitrogens with one attached hydrogen (secondary N) is 1. The van der Waals surface area contributed by atoms with E-state index in [4.69, 9.17) is 39.5 Å². The molecule has 4 rings (SSSR count). The SMILES string of the molecule is Cc1cccc(NC(=O)COc2ccc(/C=C3\SC(=O)N(Cc4ccc(Cl)cc4Cl)C3=O)cc2Cl)c1. The Balaban J connectivity index is 1.39. The molecule has 10 heteroatoms. The predicted octanol–water partition coefficient (Wildman–Crippen LogP) is 7.21. The number of amides is 3. The Morgan fingerprint density at radius 3 is 2.56 bits per heavy atom. The molecule has 0 radical (unpaired) electrons. The minimum Gasteiger partial charge on any atom is -0.482 e. The summed E-state index contributed by atoms with van der Waals surface area (Å²) in [5, 5.41) is 3.47. The van der Waals surface area contributed by atoms with Crippen LogP contribution in [0.5, 0.6) is 5.75 Å². The van der Waals surface area contributed by atoms with Gasteiger partial charge in [-0.2, -0.15) is 0 Å². The van der Waals surface area contributed by atoms with Crippen LogP contribution in [0.2, 0.25) is 15.1 Å². The van der Waals surface area contributed by atoms with Gasteiger partial charge >= 0.3 is 0 Å². The molecule has 3 aromatic carbocycles. The minimum absolute atomic E-state index is 0.0379. The zero-order valence-electron chi connectivity index (χ0n) is 18.9. The van der Waals surface area contributed by atoms with Gasteiger partial charge in [0.2, 0.25) is 0 Å². The van der Waals surface area contributed by atoms with E-state index < -0.39 is 11.1 Å². The first kappa shape index (κ1) is 26.1. The number of hydrogen-bond acceptors (Lipinski definition) is 5. The number of ether oxygens (including phenoxy) is 1. The number of thioether (sulfide) groups is 1. The van der Waals surface area contributed by atoms with Gasteiger partial charge in [-0.05, 0) is 77.9 Å². The lowest BCUT2D eigenvalue weighted by molar-refractivity contribution is -0.123. The predicted molar refractivity (Wildman–Crippen MR) is 145 cm³/mol. The summed E-state index contributed by atoms with van der Waals surface area (Å²) in [5.41, 5.74) is 2.92. The first-order valence-electron chi connectivity index (χ1n) is 10.7. The lowest BCUT2D eigenvalue weighted by Gasteiger charge is -2.13. The van der Waals surface area contributed by atoms with Gasteiger partial charge < -0.3 is 10.1 Å². The zero-order chi connectivity index (χ0) is 25.8. The average molecular weight is 562 g/mol. The van der Waals surface area contributed by atoms with E-state index in [-0.39, 0.29) is 29.0 Å². The summed E-state index contributed by atoms with van der Waals surface area (Å²) in [7, 11) is 0. The van der Waals surface area contributed by atoms with Gasteiger partial charge in [-0.3, -0.25) is 19.3 Å². The Kier molecular flexibility index (Phi) is 8.26. The van der Waals surface area contributed by atoms with E-state index in [0.717, 1.165) is 22.2 Å². The number of benzene rings is 3. The summed E-state index contributed by atoms with van der Waals surface area (Å²) in [4.78, 5) is 38.9. The summed E-state index contributed by atoms with van der Waals surface area (Å²) in [6.07, 6.45) is 1.58. The van der Waals surface area contributed by atoms with E-state index in [0.29, 0.717) is 32.6 Å². The Morgan fingerprint density at radius 1 is 1.03 bits per heavy atom. The number of imide groups is 1. The van der Waals surface area contributed by atoms with Crippen LogP contribution in [0, 0.1) is 6.92 Å². The Bertz CT molecular complexity index is 1390. The summed E-state index contributed by atoms with van der Waals surface area (Å²) < 4.78 is 5.55. The fourth-order valence-electron chi connectivity index (χ4n) is 3.40. The normalized spacial score (nSPS) is 14.4. The van der Waals surface area contributed by atoms with Crippen molar-refractivity contribution in [3.63, 3.8) is 0 Å². The average Bonchev–Trinajstić information content (AvgIpc) is 3.07.